The summed E-state index contributed by atoms with van der Waals surface area (Å²) in [4.78, 5) is 4.00. The van der Waals surface area contributed by atoms with Crippen LogP contribution in [-0.4, -0.2) is 11.6 Å². The topological polar surface area (TPSA) is 22.1 Å². The second-order valence-electron chi connectivity index (χ2n) is 2.65. The van der Waals surface area contributed by atoms with Gasteiger partial charge in [-0.2, -0.15) is 0 Å². The summed E-state index contributed by atoms with van der Waals surface area (Å²) in [7, 11) is 0. The predicted octanol–water partition coefficient (Wildman–Crippen LogP) is 2.45. The molecule has 0 amide bonds. The maximum Gasteiger partial charge on any atom is 0.213 e. The third kappa shape index (κ3) is 3.37. The van der Waals surface area contributed by atoms with Gasteiger partial charge < -0.3 is 4.74 Å². The second kappa shape index (κ2) is 5.58. The Morgan fingerprint density at radius 1 is 1.50 bits per heavy atom. The Hall–Kier alpha value is -1.05. The first-order valence-corrected chi connectivity index (χ1v) is 4.38. The van der Waals surface area contributed by atoms with Crippen LogP contribution in [0.15, 0.2) is 18.3 Å². The van der Waals surface area contributed by atoms with Gasteiger partial charge in [0.05, 0.1) is 6.61 Å². The summed E-state index contributed by atoms with van der Waals surface area (Å²) in [6, 6.07) is 6.48. The van der Waals surface area contributed by atoms with Crippen molar-refractivity contribution < 1.29 is 4.74 Å². The van der Waals surface area contributed by atoms with E-state index in [1.165, 1.54) is 12.8 Å². The van der Waals surface area contributed by atoms with Crippen LogP contribution in [0.2, 0.25) is 0 Å². The molecule has 0 saturated heterocycles. The summed E-state index contributed by atoms with van der Waals surface area (Å²) in [6.07, 6.45) is 5.17. The fraction of sp³-hybridized carbons (Fsp3) is 0.500. The van der Waals surface area contributed by atoms with Crippen molar-refractivity contribution in [3.05, 3.63) is 24.4 Å². The van der Waals surface area contributed by atoms with Gasteiger partial charge in [0, 0.05) is 18.3 Å². The minimum Gasteiger partial charge on any atom is -0.478 e. The highest BCUT2D eigenvalue weighted by Gasteiger charge is 1.91. The van der Waals surface area contributed by atoms with Crippen LogP contribution in [0.25, 0.3) is 0 Å². The van der Waals surface area contributed by atoms with Crippen molar-refractivity contribution >= 4 is 0 Å². The zero-order valence-electron chi connectivity index (χ0n) is 7.42. The molecule has 1 rings (SSSR count). The standard InChI is InChI=1S/C10H14NO/c1-2-3-6-9-12-10-7-4-5-8-11-10/h4,7-8H,2-3,6,9H2,1H3. The number of rotatable bonds is 5. The van der Waals surface area contributed by atoms with Gasteiger partial charge in [-0.25, -0.2) is 4.98 Å². The van der Waals surface area contributed by atoms with Gasteiger partial charge in [-0.15, -0.1) is 0 Å². The van der Waals surface area contributed by atoms with E-state index >= 15 is 0 Å². The average molecular weight is 164 g/mol. The van der Waals surface area contributed by atoms with E-state index in [1.54, 1.807) is 6.20 Å². The van der Waals surface area contributed by atoms with E-state index < -0.39 is 0 Å². The Balaban J connectivity index is 2.16. The molecule has 2 nitrogen and oxygen atoms in total. The highest BCUT2D eigenvalue weighted by atomic mass is 16.5. The smallest absolute Gasteiger partial charge is 0.213 e. The Labute approximate surface area is 73.6 Å². The van der Waals surface area contributed by atoms with E-state index in [1.807, 2.05) is 12.1 Å². The number of hydrogen-bond donors (Lipinski definition) is 0. The number of hydrogen-bond acceptors (Lipinski definition) is 2. The van der Waals surface area contributed by atoms with Gasteiger partial charge >= 0.3 is 0 Å². The summed E-state index contributed by atoms with van der Waals surface area (Å²) >= 11 is 0. The SMILES string of the molecule is CCCCCOc1cc[c]cn1. The Bertz CT molecular complexity index is 198. The lowest BCUT2D eigenvalue weighted by molar-refractivity contribution is 0.295. The third-order valence-electron chi connectivity index (χ3n) is 1.59. The maximum absolute atomic E-state index is 5.38. The fourth-order valence-corrected chi connectivity index (χ4v) is 0.921. The lowest BCUT2D eigenvalue weighted by atomic mass is 10.3. The van der Waals surface area contributed by atoms with Crippen LogP contribution in [0.1, 0.15) is 26.2 Å². The normalized spacial score (nSPS) is 9.75. The largest absolute Gasteiger partial charge is 0.478 e. The van der Waals surface area contributed by atoms with Crippen LogP contribution < -0.4 is 4.74 Å². The molecule has 2 heteroatoms. The van der Waals surface area contributed by atoms with E-state index in [0.717, 1.165) is 13.0 Å². The van der Waals surface area contributed by atoms with Gasteiger partial charge in [-0.1, -0.05) is 19.8 Å². The van der Waals surface area contributed by atoms with Crippen molar-refractivity contribution in [1.82, 2.24) is 4.98 Å². The number of ether oxygens (including phenoxy) is 1. The van der Waals surface area contributed by atoms with E-state index in [2.05, 4.69) is 18.0 Å². The molecule has 1 heterocycles. The zero-order chi connectivity index (χ0) is 8.65. The summed E-state index contributed by atoms with van der Waals surface area (Å²) < 4.78 is 5.38. The molecule has 0 N–H and O–H groups in total. The molecule has 0 fully saturated rings. The van der Waals surface area contributed by atoms with Crippen LogP contribution in [0, 0.1) is 6.07 Å². The van der Waals surface area contributed by atoms with Gasteiger partial charge in [0.25, 0.3) is 0 Å². The van der Waals surface area contributed by atoms with Crippen LogP contribution in [-0.2, 0) is 0 Å². The molecule has 0 aromatic carbocycles. The molecule has 65 valence electrons. The molecule has 0 aliphatic heterocycles. The van der Waals surface area contributed by atoms with Crippen molar-refractivity contribution in [2.24, 2.45) is 0 Å². The molecule has 1 aromatic rings. The zero-order valence-corrected chi connectivity index (χ0v) is 7.42. The Kier molecular flexibility index (Phi) is 4.21. The quantitative estimate of drug-likeness (QED) is 0.623. The van der Waals surface area contributed by atoms with Crippen molar-refractivity contribution in [2.45, 2.75) is 26.2 Å². The molecular weight excluding hydrogens is 150 g/mol. The monoisotopic (exact) mass is 164 g/mol. The second-order valence-corrected chi connectivity index (χ2v) is 2.65. The van der Waals surface area contributed by atoms with Crippen molar-refractivity contribution in [3.8, 4) is 5.88 Å². The minimum atomic E-state index is 0.699. The molecule has 0 bridgehead atoms. The lowest BCUT2D eigenvalue weighted by Gasteiger charge is -2.02. The van der Waals surface area contributed by atoms with E-state index in [4.69, 9.17) is 4.74 Å². The average Bonchev–Trinajstić information content (AvgIpc) is 2.14. The van der Waals surface area contributed by atoms with Crippen molar-refractivity contribution in [2.75, 3.05) is 6.61 Å². The lowest BCUT2D eigenvalue weighted by Crippen LogP contribution is -1.97. The van der Waals surface area contributed by atoms with E-state index in [0.29, 0.717) is 5.88 Å². The molecule has 0 unspecified atom stereocenters. The molecule has 1 aromatic heterocycles. The minimum absolute atomic E-state index is 0.699. The first-order chi connectivity index (χ1) is 5.93. The summed E-state index contributed by atoms with van der Waals surface area (Å²) in [6.45, 7) is 2.95. The van der Waals surface area contributed by atoms with Gasteiger partial charge in [-0.3, -0.25) is 0 Å². The summed E-state index contributed by atoms with van der Waals surface area (Å²) in [5.41, 5.74) is 0. The van der Waals surface area contributed by atoms with E-state index in [9.17, 15) is 0 Å². The Morgan fingerprint density at radius 2 is 2.42 bits per heavy atom. The highest BCUT2D eigenvalue weighted by molar-refractivity contribution is 5.08. The number of nitrogens with zero attached hydrogens (tertiary/aromatic N) is 1. The first kappa shape index (κ1) is 9.04. The molecule has 12 heavy (non-hydrogen) atoms. The fourth-order valence-electron chi connectivity index (χ4n) is 0.921. The van der Waals surface area contributed by atoms with Crippen LogP contribution in [0.5, 0.6) is 5.88 Å². The summed E-state index contributed by atoms with van der Waals surface area (Å²) in [5.74, 6) is 0.699. The van der Waals surface area contributed by atoms with Crippen LogP contribution in [0.4, 0.5) is 0 Å². The predicted molar refractivity (Wildman–Crippen MR) is 48.1 cm³/mol. The molecule has 0 atom stereocenters. The molecule has 0 aliphatic rings. The number of aromatic nitrogens is 1. The van der Waals surface area contributed by atoms with E-state index in [-0.39, 0.29) is 0 Å². The van der Waals surface area contributed by atoms with Gasteiger partial charge in [0.2, 0.25) is 5.88 Å². The van der Waals surface area contributed by atoms with Gasteiger partial charge in [0.15, 0.2) is 0 Å². The first-order valence-electron chi connectivity index (χ1n) is 4.38. The van der Waals surface area contributed by atoms with Gasteiger partial charge in [0.1, 0.15) is 0 Å². The van der Waals surface area contributed by atoms with Crippen LogP contribution >= 0.6 is 0 Å². The third-order valence-corrected chi connectivity index (χ3v) is 1.59. The number of pyridine rings is 1. The van der Waals surface area contributed by atoms with Gasteiger partial charge in [-0.05, 0) is 12.5 Å². The summed E-state index contributed by atoms with van der Waals surface area (Å²) in [5, 5.41) is 0. The van der Waals surface area contributed by atoms with Crippen LogP contribution in [0.3, 0.4) is 0 Å². The molecule has 0 aliphatic carbocycles. The highest BCUT2D eigenvalue weighted by Crippen LogP contribution is 2.04. The molecule has 0 spiro atoms. The number of unbranched alkanes of at least 4 members (excludes halogenated alkanes) is 2. The molecule has 0 saturated carbocycles. The Morgan fingerprint density at radius 3 is 3.08 bits per heavy atom. The van der Waals surface area contributed by atoms with Crippen molar-refractivity contribution in [3.63, 3.8) is 0 Å². The maximum atomic E-state index is 5.38. The molecular formula is C10H14NO. The van der Waals surface area contributed by atoms with Crippen molar-refractivity contribution in [1.29, 1.82) is 0 Å². The molecule has 1 radical (unpaired) electrons.